The number of hydrogen-bond acceptors (Lipinski definition) is 6. The van der Waals surface area contributed by atoms with Gasteiger partial charge in [-0.1, -0.05) is 17.4 Å². The third kappa shape index (κ3) is 4.54. The van der Waals surface area contributed by atoms with Crippen LogP contribution in [0.4, 0.5) is 0 Å². The Hall–Kier alpha value is -3.08. The van der Waals surface area contributed by atoms with Crippen LogP contribution in [0.3, 0.4) is 0 Å². The molecule has 1 amide bonds. The minimum absolute atomic E-state index is 0.167. The molecular weight excluding hydrogens is 462 g/mol. The van der Waals surface area contributed by atoms with Gasteiger partial charge in [0.25, 0.3) is 5.91 Å². The fourth-order valence-electron chi connectivity index (χ4n) is 3.71. The van der Waals surface area contributed by atoms with Crippen LogP contribution < -0.4 is 4.80 Å². The van der Waals surface area contributed by atoms with Crippen LogP contribution in [-0.4, -0.2) is 49.4 Å². The summed E-state index contributed by atoms with van der Waals surface area (Å²) in [6.07, 6.45) is 3.41. The number of ether oxygens (including phenoxy) is 1. The van der Waals surface area contributed by atoms with Crippen molar-refractivity contribution in [3.8, 4) is 0 Å². The Labute approximate surface area is 195 Å². The average Bonchev–Trinajstić information content (AvgIpc) is 3.48. The molecule has 3 aromatic rings. The normalized spacial score (nSPS) is 15.1. The van der Waals surface area contributed by atoms with Crippen molar-refractivity contribution in [3.63, 3.8) is 0 Å². The van der Waals surface area contributed by atoms with E-state index >= 15 is 0 Å². The van der Waals surface area contributed by atoms with Crippen LogP contribution in [0.15, 0.2) is 65.0 Å². The lowest BCUT2D eigenvalue weighted by atomic mass is 10.2. The molecule has 0 aliphatic carbocycles. The zero-order chi connectivity index (χ0) is 23.6. The SMILES string of the molecule is C=CCn1c(=NC(=O)c2ccc(S(=O)(=O)N3CCCC3)cc2)sc2cc(C(=O)OC)ccc21. The number of aromatic nitrogens is 1. The Morgan fingerprint density at radius 3 is 2.42 bits per heavy atom. The molecule has 0 N–H and O–H groups in total. The maximum absolute atomic E-state index is 12.9. The molecule has 33 heavy (non-hydrogen) atoms. The highest BCUT2D eigenvalue weighted by Gasteiger charge is 2.27. The van der Waals surface area contributed by atoms with E-state index in [9.17, 15) is 18.0 Å². The van der Waals surface area contributed by atoms with Gasteiger partial charge >= 0.3 is 5.97 Å². The Bertz CT molecular complexity index is 1400. The van der Waals surface area contributed by atoms with E-state index in [1.807, 2.05) is 4.57 Å². The van der Waals surface area contributed by atoms with Crippen molar-refractivity contribution in [1.82, 2.24) is 8.87 Å². The highest BCUT2D eigenvalue weighted by atomic mass is 32.2. The van der Waals surface area contributed by atoms with Gasteiger partial charge in [0.15, 0.2) is 4.80 Å². The lowest BCUT2D eigenvalue weighted by Crippen LogP contribution is -2.27. The maximum atomic E-state index is 12.9. The van der Waals surface area contributed by atoms with E-state index in [0.29, 0.717) is 30.0 Å². The number of thiazole rings is 1. The quantitative estimate of drug-likeness (QED) is 0.395. The second kappa shape index (κ2) is 9.42. The average molecular weight is 486 g/mol. The largest absolute Gasteiger partial charge is 0.465 e. The van der Waals surface area contributed by atoms with Gasteiger partial charge in [-0.2, -0.15) is 9.30 Å². The summed E-state index contributed by atoms with van der Waals surface area (Å²) in [5.41, 5.74) is 1.50. The molecule has 1 aliphatic rings. The number of amides is 1. The molecule has 10 heteroatoms. The first kappa shape index (κ1) is 23.1. The number of nitrogens with zero attached hydrogens (tertiary/aromatic N) is 3. The predicted octanol–water partition coefficient (Wildman–Crippen LogP) is 3.20. The standard InChI is InChI=1S/C23H23N3O5S2/c1-3-12-26-19-11-8-17(22(28)31-2)15-20(19)32-23(26)24-21(27)16-6-9-18(10-7-16)33(29,30)25-13-4-5-14-25/h3,6-11,15H,1,4-5,12-14H2,2H3. The van der Waals surface area contributed by atoms with E-state index in [2.05, 4.69) is 11.6 Å². The molecule has 8 nitrogen and oxygen atoms in total. The zero-order valence-corrected chi connectivity index (χ0v) is 19.7. The van der Waals surface area contributed by atoms with Crippen LogP contribution in [0.1, 0.15) is 33.6 Å². The molecule has 1 fully saturated rings. The van der Waals surface area contributed by atoms with Gasteiger partial charge < -0.3 is 9.30 Å². The maximum Gasteiger partial charge on any atom is 0.337 e. The van der Waals surface area contributed by atoms with Crippen molar-refractivity contribution >= 4 is 43.5 Å². The Kier molecular flexibility index (Phi) is 6.59. The van der Waals surface area contributed by atoms with Crippen molar-refractivity contribution in [3.05, 3.63) is 71.0 Å². The minimum atomic E-state index is -3.54. The van der Waals surface area contributed by atoms with Crippen molar-refractivity contribution in [2.24, 2.45) is 4.99 Å². The van der Waals surface area contributed by atoms with E-state index in [4.69, 9.17) is 4.74 Å². The minimum Gasteiger partial charge on any atom is -0.465 e. The van der Waals surface area contributed by atoms with Gasteiger partial charge in [0.2, 0.25) is 10.0 Å². The summed E-state index contributed by atoms with van der Waals surface area (Å²) >= 11 is 1.27. The number of hydrogen-bond donors (Lipinski definition) is 0. The molecule has 4 rings (SSSR count). The number of rotatable bonds is 6. The molecule has 0 radical (unpaired) electrons. The van der Waals surface area contributed by atoms with Gasteiger partial charge in [-0.25, -0.2) is 13.2 Å². The molecule has 0 bridgehead atoms. The summed E-state index contributed by atoms with van der Waals surface area (Å²) in [6, 6.07) is 11.0. The first-order valence-corrected chi connectivity index (χ1v) is 12.6. The van der Waals surface area contributed by atoms with Crippen molar-refractivity contribution in [2.45, 2.75) is 24.3 Å². The van der Waals surface area contributed by atoms with E-state index < -0.39 is 21.9 Å². The van der Waals surface area contributed by atoms with Crippen LogP contribution in [0.25, 0.3) is 10.2 Å². The summed E-state index contributed by atoms with van der Waals surface area (Å²) in [7, 11) is -2.22. The molecule has 0 saturated carbocycles. The number of sulfonamides is 1. The molecule has 2 aromatic carbocycles. The molecule has 1 aliphatic heterocycles. The molecule has 0 atom stereocenters. The van der Waals surface area contributed by atoms with Crippen molar-refractivity contribution in [1.29, 1.82) is 0 Å². The van der Waals surface area contributed by atoms with Crippen LogP contribution >= 0.6 is 11.3 Å². The molecule has 0 spiro atoms. The molecule has 172 valence electrons. The lowest BCUT2D eigenvalue weighted by Gasteiger charge is -2.15. The molecule has 1 saturated heterocycles. The van der Waals surface area contributed by atoms with E-state index in [0.717, 1.165) is 23.1 Å². The van der Waals surface area contributed by atoms with Gasteiger partial charge in [-0.3, -0.25) is 4.79 Å². The summed E-state index contributed by atoms with van der Waals surface area (Å²) in [6.45, 7) is 5.23. The number of allylic oxidation sites excluding steroid dienone is 1. The Morgan fingerprint density at radius 2 is 1.79 bits per heavy atom. The van der Waals surface area contributed by atoms with Crippen molar-refractivity contribution in [2.75, 3.05) is 20.2 Å². The molecule has 1 aromatic heterocycles. The number of fused-ring (bicyclic) bond motifs is 1. The van der Waals surface area contributed by atoms with Gasteiger partial charge in [-0.05, 0) is 55.3 Å². The smallest absolute Gasteiger partial charge is 0.337 e. The number of methoxy groups -OCH3 is 1. The summed E-state index contributed by atoms with van der Waals surface area (Å²) < 4.78 is 34.2. The van der Waals surface area contributed by atoms with Gasteiger partial charge in [0.1, 0.15) is 0 Å². The lowest BCUT2D eigenvalue weighted by molar-refractivity contribution is 0.0600. The summed E-state index contributed by atoms with van der Waals surface area (Å²) in [5, 5.41) is 0. The highest BCUT2D eigenvalue weighted by molar-refractivity contribution is 7.89. The van der Waals surface area contributed by atoms with E-state index in [1.165, 1.54) is 47.0 Å². The predicted molar refractivity (Wildman–Crippen MR) is 126 cm³/mol. The first-order valence-electron chi connectivity index (χ1n) is 10.4. The van der Waals surface area contributed by atoms with Crippen LogP contribution in [0, 0.1) is 0 Å². The third-order valence-corrected chi connectivity index (χ3v) is 8.37. The monoisotopic (exact) mass is 485 g/mol. The summed E-state index contributed by atoms with van der Waals surface area (Å²) in [4.78, 5) is 29.6. The molecule has 2 heterocycles. The van der Waals surface area contributed by atoms with Gasteiger partial charge in [0, 0.05) is 25.2 Å². The van der Waals surface area contributed by atoms with Gasteiger partial charge in [0.05, 0.1) is 27.8 Å². The Morgan fingerprint density at radius 1 is 1.12 bits per heavy atom. The number of esters is 1. The zero-order valence-electron chi connectivity index (χ0n) is 18.1. The van der Waals surface area contributed by atoms with Gasteiger partial charge in [-0.15, -0.1) is 6.58 Å². The Balaban J connectivity index is 1.68. The van der Waals surface area contributed by atoms with Crippen molar-refractivity contribution < 1.29 is 22.7 Å². The molecule has 0 unspecified atom stereocenters. The van der Waals surface area contributed by atoms with Crippen LogP contribution in [0.5, 0.6) is 0 Å². The van der Waals surface area contributed by atoms with Crippen LogP contribution in [0.2, 0.25) is 0 Å². The number of carbonyl (C=O) groups is 2. The molecular formula is C23H23N3O5S2. The first-order chi connectivity index (χ1) is 15.8. The second-order valence-corrected chi connectivity index (χ2v) is 10.5. The number of carbonyl (C=O) groups excluding carboxylic acids is 2. The number of benzene rings is 2. The van der Waals surface area contributed by atoms with E-state index in [-0.39, 0.29) is 10.5 Å². The third-order valence-electron chi connectivity index (χ3n) is 5.42. The highest BCUT2D eigenvalue weighted by Crippen LogP contribution is 2.22. The van der Waals surface area contributed by atoms with Crippen LogP contribution in [-0.2, 0) is 21.3 Å². The van der Waals surface area contributed by atoms with E-state index in [1.54, 1.807) is 24.3 Å². The second-order valence-electron chi connectivity index (χ2n) is 7.51. The summed E-state index contributed by atoms with van der Waals surface area (Å²) in [5.74, 6) is -0.934. The fraction of sp³-hybridized carbons (Fsp3) is 0.261. The topological polar surface area (TPSA) is 98.0 Å². The fourth-order valence-corrected chi connectivity index (χ4v) is 6.30.